The summed E-state index contributed by atoms with van der Waals surface area (Å²) in [7, 11) is -3.71. The highest BCUT2D eigenvalue weighted by molar-refractivity contribution is 7.89. The number of benzene rings is 2. The number of carbonyl (C=O) groups is 2. The molecule has 2 heterocycles. The van der Waals surface area contributed by atoms with E-state index in [2.05, 4.69) is 10.2 Å². The van der Waals surface area contributed by atoms with Crippen LogP contribution in [0.15, 0.2) is 47.4 Å². The van der Waals surface area contributed by atoms with E-state index in [1.54, 1.807) is 32.0 Å². The average Bonchev–Trinajstić information content (AvgIpc) is 2.86. The first-order valence-corrected chi connectivity index (χ1v) is 13.7. The molecule has 0 aromatic heterocycles. The normalized spacial score (nSPS) is 17.8. The topological polar surface area (TPSA) is 90.0 Å². The third kappa shape index (κ3) is 5.06. The van der Waals surface area contributed by atoms with E-state index >= 15 is 0 Å². The van der Waals surface area contributed by atoms with Gasteiger partial charge in [0.05, 0.1) is 16.3 Å². The second kappa shape index (κ2) is 10.4. The van der Waals surface area contributed by atoms with Gasteiger partial charge in [-0.3, -0.25) is 14.5 Å². The lowest BCUT2D eigenvalue weighted by atomic mass is 9.96. The summed E-state index contributed by atoms with van der Waals surface area (Å²) in [5, 5.41) is 2.90. The molecule has 0 unspecified atom stereocenters. The number of fused-ring (bicyclic) bond motifs is 3. The van der Waals surface area contributed by atoms with Crippen molar-refractivity contribution in [2.45, 2.75) is 57.5 Å². The summed E-state index contributed by atoms with van der Waals surface area (Å²) in [5.41, 5.74) is 3.40. The number of rotatable bonds is 8. The van der Waals surface area contributed by atoms with E-state index < -0.39 is 10.0 Å². The Morgan fingerprint density at radius 3 is 2.46 bits per heavy atom. The lowest BCUT2D eigenvalue weighted by Crippen LogP contribution is -2.57. The predicted octanol–water partition coefficient (Wildman–Crippen LogP) is 3.05. The van der Waals surface area contributed by atoms with Gasteiger partial charge in [0.1, 0.15) is 12.6 Å². The number of hydrogen-bond acceptors (Lipinski definition) is 5. The number of anilines is 2. The van der Waals surface area contributed by atoms with Crippen molar-refractivity contribution in [3.05, 3.63) is 53.6 Å². The summed E-state index contributed by atoms with van der Waals surface area (Å²) >= 11 is 0. The van der Waals surface area contributed by atoms with Gasteiger partial charge < -0.3 is 10.2 Å². The molecule has 2 aliphatic heterocycles. The van der Waals surface area contributed by atoms with Crippen molar-refractivity contribution in [3.63, 3.8) is 0 Å². The van der Waals surface area contributed by atoms with Crippen LogP contribution >= 0.6 is 0 Å². The fourth-order valence-corrected chi connectivity index (χ4v) is 6.36. The standard InChI is InChI=1S/C26H34N4O4S/c1-4-28(5-2)35(33,34)21-13-14-22-24(16-21)30(26(32)23-8-6-7-15-29(22)23)18-25(31)27-17-20-11-9-19(3)10-12-20/h9-14,16,23H,4-8,15,17-18H2,1-3H3,(H,27,31)/t23-/m0/s1. The minimum atomic E-state index is -3.71. The van der Waals surface area contributed by atoms with Gasteiger partial charge in [-0.1, -0.05) is 43.7 Å². The van der Waals surface area contributed by atoms with Crippen LogP contribution in [0.5, 0.6) is 0 Å². The molecule has 1 atom stereocenters. The molecule has 2 aromatic carbocycles. The van der Waals surface area contributed by atoms with Crippen molar-refractivity contribution in [1.29, 1.82) is 0 Å². The second-order valence-electron chi connectivity index (χ2n) is 9.13. The molecule has 35 heavy (non-hydrogen) atoms. The largest absolute Gasteiger partial charge is 0.358 e. The predicted molar refractivity (Wildman–Crippen MR) is 137 cm³/mol. The van der Waals surface area contributed by atoms with E-state index in [1.165, 1.54) is 9.21 Å². The monoisotopic (exact) mass is 498 g/mol. The number of nitrogens with one attached hydrogen (secondary N) is 1. The van der Waals surface area contributed by atoms with Gasteiger partial charge >= 0.3 is 0 Å². The molecular formula is C26H34N4O4S. The lowest BCUT2D eigenvalue weighted by molar-refractivity contribution is -0.125. The van der Waals surface area contributed by atoms with Crippen molar-refractivity contribution >= 4 is 33.2 Å². The molecule has 2 aromatic rings. The molecule has 0 radical (unpaired) electrons. The molecule has 188 valence electrons. The molecule has 9 heteroatoms. The molecular weight excluding hydrogens is 464 g/mol. The van der Waals surface area contributed by atoms with Gasteiger partial charge in [-0.05, 0) is 49.9 Å². The van der Waals surface area contributed by atoms with Gasteiger partial charge in [0.2, 0.25) is 21.8 Å². The zero-order valence-corrected chi connectivity index (χ0v) is 21.5. The Labute approximate surface area is 207 Å². The van der Waals surface area contributed by atoms with Gasteiger partial charge in [0.25, 0.3) is 0 Å². The van der Waals surface area contributed by atoms with Crippen LogP contribution < -0.4 is 15.1 Å². The minimum Gasteiger partial charge on any atom is -0.358 e. The SMILES string of the molecule is CCN(CC)S(=O)(=O)c1ccc2c(c1)N(CC(=O)NCc1ccc(C)cc1)C(=O)[C@@H]1CCCCN21. The highest BCUT2D eigenvalue weighted by Gasteiger charge is 2.40. The summed E-state index contributed by atoms with van der Waals surface area (Å²) in [5.74, 6) is -0.439. The molecule has 1 N–H and O–H groups in total. The zero-order chi connectivity index (χ0) is 25.2. The quantitative estimate of drug-likeness (QED) is 0.604. The maximum Gasteiger partial charge on any atom is 0.250 e. The van der Waals surface area contributed by atoms with E-state index in [1.807, 2.05) is 31.2 Å². The molecule has 1 fully saturated rings. The van der Waals surface area contributed by atoms with Crippen LogP contribution in [-0.2, 0) is 26.2 Å². The molecule has 0 bridgehead atoms. The third-order valence-corrected chi connectivity index (χ3v) is 8.90. The summed E-state index contributed by atoms with van der Waals surface area (Å²) in [4.78, 5) is 30.1. The Balaban J connectivity index is 1.64. The number of carbonyl (C=O) groups excluding carboxylic acids is 2. The third-order valence-electron chi connectivity index (χ3n) is 6.86. The first-order chi connectivity index (χ1) is 16.8. The molecule has 1 saturated heterocycles. The van der Waals surface area contributed by atoms with Crippen LogP contribution in [-0.4, -0.2) is 56.8 Å². The van der Waals surface area contributed by atoms with E-state index in [0.29, 0.717) is 25.3 Å². The van der Waals surface area contributed by atoms with Crippen LogP contribution in [0.4, 0.5) is 11.4 Å². The van der Waals surface area contributed by atoms with Crippen molar-refractivity contribution in [3.8, 4) is 0 Å². The fraction of sp³-hybridized carbons (Fsp3) is 0.462. The van der Waals surface area contributed by atoms with Crippen molar-refractivity contribution in [2.75, 3.05) is 36.0 Å². The van der Waals surface area contributed by atoms with Crippen molar-refractivity contribution in [2.24, 2.45) is 0 Å². The highest BCUT2D eigenvalue weighted by atomic mass is 32.2. The number of aryl methyl sites for hydroxylation is 1. The molecule has 2 amide bonds. The molecule has 8 nitrogen and oxygen atoms in total. The lowest BCUT2D eigenvalue weighted by Gasteiger charge is -2.45. The Hall–Kier alpha value is -2.91. The number of nitrogens with zero attached hydrogens (tertiary/aromatic N) is 3. The van der Waals surface area contributed by atoms with E-state index in [0.717, 1.165) is 42.6 Å². The molecule has 0 spiro atoms. The van der Waals surface area contributed by atoms with Gasteiger partial charge in [-0.15, -0.1) is 0 Å². The highest BCUT2D eigenvalue weighted by Crippen LogP contribution is 2.41. The van der Waals surface area contributed by atoms with E-state index in [4.69, 9.17) is 0 Å². The van der Waals surface area contributed by atoms with Gasteiger partial charge in [-0.25, -0.2) is 8.42 Å². The van der Waals surface area contributed by atoms with Gasteiger partial charge in [-0.2, -0.15) is 4.31 Å². The van der Waals surface area contributed by atoms with Crippen molar-refractivity contribution < 1.29 is 18.0 Å². The smallest absolute Gasteiger partial charge is 0.250 e. The Bertz CT molecular complexity index is 1190. The average molecular weight is 499 g/mol. The van der Waals surface area contributed by atoms with Crippen LogP contribution in [0.25, 0.3) is 0 Å². The van der Waals surface area contributed by atoms with Crippen molar-refractivity contribution in [1.82, 2.24) is 9.62 Å². The number of hydrogen-bond donors (Lipinski definition) is 1. The van der Waals surface area contributed by atoms with Crippen LogP contribution in [0, 0.1) is 6.92 Å². The Morgan fingerprint density at radius 2 is 1.77 bits per heavy atom. The number of sulfonamides is 1. The molecule has 2 aliphatic rings. The molecule has 0 aliphatic carbocycles. The fourth-order valence-electron chi connectivity index (χ4n) is 4.88. The van der Waals surface area contributed by atoms with E-state index in [-0.39, 0.29) is 29.3 Å². The first kappa shape index (κ1) is 25.2. The Kier molecular flexibility index (Phi) is 7.47. The summed E-state index contributed by atoms with van der Waals surface area (Å²) in [6, 6.07) is 12.5. The zero-order valence-electron chi connectivity index (χ0n) is 20.7. The molecule has 4 rings (SSSR count). The summed E-state index contributed by atoms with van der Waals surface area (Å²) < 4.78 is 27.8. The second-order valence-corrected chi connectivity index (χ2v) is 11.1. The first-order valence-electron chi connectivity index (χ1n) is 12.3. The minimum absolute atomic E-state index is 0.133. The number of piperidine rings is 1. The van der Waals surface area contributed by atoms with Gasteiger partial charge in [0, 0.05) is 26.2 Å². The maximum absolute atomic E-state index is 13.5. The van der Waals surface area contributed by atoms with Crippen LogP contribution in [0.1, 0.15) is 44.2 Å². The maximum atomic E-state index is 13.5. The number of amides is 2. The summed E-state index contributed by atoms with van der Waals surface area (Å²) in [6.45, 7) is 7.25. The Morgan fingerprint density at radius 1 is 1.06 bits per heavy atom. The summed E-state index contributed by atoms with van der Waals surface area (Å²) in [6.07, 6.45) is 2.64. The molecule has 0 saturated carbocycles. The van der Waals surface area contributed by atoms with Crippen LogP contribution in [0.3, 0.4) is 0 Å². The van der Waals surface area contributed by atoms with E-state index in [9.17, 15) is 18.0 Å². The van der Waals surface area contributed by atoms with Gasteiger partial charge in [0.15, 0.2) is 0 Å². The van der Waals surface area contributed by atoms with Crippen LogP contribution in [0.2, 0.25) is 0 Å².